The molecule has 2 rings (SSSR count). The molecule has 0 bridgehead atoms. The zero-order valence-corrected chi connectivity index (χ0v) is 11.5. The van der Waals surface area contributed by atoms with Crippen LogP contribution in [0.4, 0.5) is 0 Å². The lowest BCUT2D eigenvalue weighted by Gasteiger charge is -2.08. The van der Waals surface area contributed by atoms with E-state index in [0.29, 0.717) is 0 Å². The topological polar surface area (TPSA) is 34.1 Å². The van der Waals surface area contributed by atoms with Crippen LogP contribution in [0.3, 0.4) is 0 Å². The summed E-state index contributed by atoms with van der Waals surface area (Å²) < 4.78 is 5.79. The molecule has 3 nitrogen and oxygen atoms in total. The zero-order chi connectivity index (χ0) is 13.5. The van der Waals surface area contributed by atoms with Crippen molar-refractivity contribution in [1.82, 2.24) is 10.3 Å². The normalized spacial score (nSPS) is 10.4. The monoisotopic (exact) mass is 256 g/mol. The van der Waals surface area contributed by atoms with Crippen LogP contribution in [0.15, 0.2) is 42.6 Å². The van der Waals surface area contributed by atoms with Gasteiger partial charge in [-0.05, 0) is 49.7 Å². The lowest BCUT2D eigenvalue weighted by molar-refractivity contribution is 0.479. The van der Waals surface area contributed by atoms with E-state index >= 15 is 0 Å². The third kappa shape index (κ3) is 4.38. The highest BCUT2D eigenvalue weighted by molar-refractivity contribution is 5.33. The Balaban J connectivity index is 2.00. The standard InChI is InChI=1S/C16H20N2O/c1-3-9-17-11-14-5-4-6-15(10-14)19-16-8-7-13(2)18-12-16/h4-8,10,12,17H,3,9,11H2,1-2H3. The summed E-state index contributed by atoms with van der Waals surface area (Å²) in [6.07, 6.45) is 2.89. The number of nitrogens with one attached hydrogen (secondary N) is 1. The number of rotatable bonds is 6. The Bertz CT molecular complexity index is 508. The number of aromatic nitrogens is 1. The summed E-state index contributed by atoms with van der Waals surface area (Å²) in [5.74, 6) is 1.62. The van der Waals surface area contributed by atoms with E-state index in [1.54, 1.807) is 6.20 Å². The maximum absolute atomic E-state index is 5.79. The molecule has 2 aromatic rings. The highest BCUT2D eigenvalue weighted by Gasteiger charge is 1.99. The number of nitrogens with zero attached hydrogens (tertiary/aromatic N) is 1. The molecule has 0 aliphatic rings. The van der Waals surface area contributed by atoms with Gasteiger partial charge < -0.3 is 10.1 Å². The highest BCUT2D eigenvalue weighted by atomic mass is 16.5. The van der Waals surface area contributed by atoms with Gasteiger partial charge in [0.05, 0.1) is 6.20 Å². The molecule has 1 aromatic carbocycles. The van der Waals surface area contributed by atoms with Crippen molar-refractivity contribution in [2.24, 2.45) is 0 Å². The molecule has 1 aromatic heterocycles. The van der Waals surface area contributed by atoms with Gasteiger partial charge in [0.25, 0.3) is 0 Å². The summed E-state index contributed by atoms with van der Waals surface area (Å²) in [5, 5.41) is 3.38. The van der Waals surface area contributed by atoms with Crippen LogP contribution in [0.2, 0.25) is 0 Å². The lowest BCUT2D eigenvalue weighted by atomic mass is 10.2. The predicted molar refractivity (Wildman–Crippen MR) is 77.5 cm³/mol. The number of ether oxygens (including phenoxy) is 1. The molecule has 1 N–H and O–H groups in total. The first-order valence-corrected chi connectivity index (χ1v) is 6.68. The van der Waals surface area contributed by atoms with Crippen molar-refractivity contribution in [3.05, 3.63) is 53.9 Å². The van der Waals surface area contributed by atoms with Gasteiger partial charge in [0.1, 0.15) is 11.5 Å². The van der Waals surface area contributed by atoms with E-state index in [0.717, 1.165) is 36.7 Å². The summed E-state index contributed by atoms with van der Waals surface area (Å²) in [6.45, 7) is 6.03. The van der Waals surface area contributed by atoms with Gasteiger partial charge in [-0.2, -0.15) is 0 Å². The first-order chi connectivity index (χ1) is 9.28. The molecule has 0 unspecified atom stereocenters. The molecule has 0 fully saturated rings. The van der Waals surface area contributed by atoms with Crippen LogP contribution >= 0.6 is 0 Å². The second-order valence-corrected chi connectivity index (χ2v) is 4.56. The van der Waals surface area contributed by atoms with Crippen LogP contribution < -0.4 is 10.1 Å². The number of benzene rings is 1. The third-order valence-electron chi connectivity index (χ3n) is 2.77. The predicted octanol–water partition coefficient (Wildman–Crippen LogP) is 3.68. The Morgan fingerprint density at radius 1 is 1.16 bits per heavy atom. The molecule has 100 valence electrons. The van der Waals surface area contributed by atoms with Crippen molar-refractivity contribution in [1.29, 1.82) is 0 Å². The fourth-order valence-corrected chi connectivity index (χ4v) is 1.78. The zero-order valence-electron chi connectivity index (χ0n) is 11.5. The second-order valence-electron chi connectivity index (χ2n) is 4.56. The van der Waals surface area contributed by atoms with Crippen LogP contribution in [-0.2, 0) is 6.54 Å². The van der Waals surface area contributed by atoms with E-state index in [1.165, 1.54) is 5.56 Å². The average Bonchev–Trinajstić information content (AvgIpc) is 2.42. The molecule has 19 heavy (non-hydrogen) atoms. The van der Waals surface area contributed by atoms with Gasteiger partial charge in [-0.1, -0.05) is 19.1 Å². The SMILES string of the molecule is CCCNCc1cccc(Oc2ccc(C)nc2)c1. The number of hydrogen-bond donors (Lipinski definition) is 1. The van der Waals surface area contributed by atoms with Gasteiger partial charge in [-0.25, -0.2) is 0 Å². The maximum atomic E-state index is 5.79. The Morgan fingerprint density at radius 3 is 2.79 bits per heavy atom. The fraction of sp³-hybridized carbons (Fsp3) is 0.312. The van der Waals surface area contributed by atoms with Gasteiger partial charge in [0.2, 0.25) is 0 Å². The molecular weight excluding hydrogens is 236 g/mol. The van der Waals surface area contributed by atoms with Crippen LogP contribution in [0.25, 0.3) is 0 Å². The van der Waals surface area contributed by atoms with Gasteiger partial charge in [0, 0.05) is 12.2 Å². The molecule has 1 heterocycles. The Labute approximate surface area is 114 Å². The molecule has 3 heteroatoms. The van der Waals surface area contributed by atoms with Crippen LogP contribution in [0.1, 0.15) is 24.6 Å². The molecule has 0 spiro atoms. The Kier molecular flexibility index (Phi) is 4.93. The Morgan fingerprint density at radius 2 is 2.05 bits per heavy atom. The Hall–Kier alpha value is -1.87. The third-order valence-corrected chi connectivity index (χ3v) is 2.77. The van der Waals surface area contributed by atoms with Crippen molar-refractivity contribution >= 4 is 0 Å². The van der Waals surface area contributed by atoms with Crippen LogP contribution in [0, 0.1) is 6.92 Å². The number of aryl methyl sites for hydroxylation is 1. The van der Waals surface area contributed by atoms with Crippen molar-refractivity contribution < 1.29 is 4.74 Å². The largest absolute Gasteiger partial charge is 0.456 e. The smallest absolute Gasteiger partial charge is 0.145 e. The summed E-state index contributed by atoms with van der Waals surface area (Å²) in [5.41, 5.74) is 2.22. The van der Waals surface area contributed by atoms with E-state index in [4.69, 9.17) is 4.74 Å². The molecular formula is C16H20N2O. The number of hydrogen-bond acceptors (Lipinski definition) is 3. The minimum atomic E-state index is 0.768. The first kappa shape index (κ1) is 13.6. The van der Waals surface area contributed by atoms with E-state index in [1.807, 2.05) is 31.2 Å². The lowest BCUT2D eigenvalue weighted by Crippen LogP contribution is -2.13. The quantitative estimate of drug-likeness (QED) is 0.800. The van der Waals surface area contributed by atoms with Crippen molar-refractivity contribution in [3.63, 3.8) is 0 Å². The van der Waals surface area contributed by atoms with E-state index in [-0.39, 0.29) is 0 Å². The van der Waals surface area contributed by atoms with Gasteiger partial charge in [0.15, 0.2) is 0 Å². The molecule has 0 atom stereocenters. The van der Waals surface area contributed by atoms with Crippen molar-refractivity contribution in [2.45, 2.75) is 26.8 Å². The highest BCUT2D eigenvalue weighted by Crippen LogP contribution is 2.21. The summed E-state index contributed by atoms with van der Waals surface area (Å²) in [7, 11) is 0. The first-order valence-electron chi connectivity index (χ1n) is 6.68. The molecule has 0 aliphatic carbocycles. The fourth-order valence-electron chi connectivity index (χ4n) is 1.78. The summed E-state index contributed by atoms with van der Waals surface area (Å²) in [4.78, 5) is 4.22. The molecule has 0 saturated heterocycles. The van der Waals surface area contributed by atoms with Crippen LogP contribution in [-0.4, -0.2) is 11.5 Å². The minimum absolute atomic E-state index is 0.768. The van der Waals surface area contributed by atoms with E-state index < -0.39 is 0 Å². The van der Waals surface area contributed by atoms with E-state index in [9.17, 15) is 0 Å². The molecule has 0 amide bonds. The number of pyridine rings is 1. The summed E-state index contributed by atoms with van der Waals surface area (Å²) in [6, 6.07) is 12.0. The van der Waals surface area contributed by atoms with Crippen molar-refractivity contribution in [2.75, 3.05) is 6.54 Å². The average molecular weight is 256 g/mol. The molecule has 0 aliphatic heterocycles. The summed E-state index contributed by atoms with van der Waals surface area (Å²) >= 11 is 0. The molecule has 0 radical (unpaired) electrons. The van der Waals surface area contributed by atoms with Gasteiger partial charge in [-0.3, -0.25) is 4.98 Å². The van der Waals surface area contributed by atoms with Crippen molar-refractivity contribution in [3.8, 4) is 11.5 Å². The molecule has 0 saturated carbocycles. The maximum Gasteiger partial charge on any atom is 0.145 e. The van der Waals surface area contributed by atoms with Gasteiger partial charge >= 0.3 is 0 Å². The van der Waals surface area contributed by atoms with Gasteiger partial charge in [-0.15, -0.1) is 0 Å². The second kappa shape index (κ2) is 6.90. The minimum Gasteiger partial charge on any atom is -0.456 e. The van der Waals surface area contributed by atoms with E-state index in [2.05, 4.69) is 29.4 Å². The van der Waals surface area contributed by atoms with Crippen LogP contribution in [0.5, 0.6) is 11.5 Å².